The van der Waals surface area contributed by atoms with Crippen LogP contribution in [-0.2, 0) is 4.74 Å². The zero-order valence-electron chi connectivity index (χ0n) is 13.5. The molecule has 1 aromatic heterocycles. The lowest BCUT2D eigenvalue weighted by Gasteiger charge is -2.38. The fraction of sp³-hybridized carbons (Fsp3) is 0.471. The lowest BCUT2D eigenvalue weighted by Crippen LogP contribution is -2.47. The van der Waals surface area contributed by atoms with Crippen LogP contribution in [0.25, 0.3) is 10.9 Å². The van der Waals surface area contributed by atoms with E-state index in [0.29, 0.717) is 5.76 Å². The van der Waals surface area contributed by atoms with Gasteiger partial charge in [0.05, 0.1) is 18.4 Å². The monoisotopic (exact) mass is 396 g/mol. The molecule has 0 amide bonds. The second-order valence-electron chi connectivity index (χ2n) is 6.24. The number of ether oxygens (including phenoxy) is 1. The molecule has 0 bridgehead atoms. The molecule has 7 heteroatoms. The van der Waals surface area contributed by atoms with Crippen molar-refractivity contribution in [3.63, 3.8) is 0 Å². The number of hydrogen-bond acceptors (Lipinski definition) is 5. The first-order valence-corrected chi connectivity index (χ1v) is 8.67. The number of nitrogens with zero attached hydrogens (tertiary/aromatic N) is 2. The van der Waals surface area contributed by atoms with Crippen LogP contribution in [0.5, 0.6) is 0 Å². The number of halogens is 1. The Morgan fingerprint density at radius 1 is 1.38 bits per heavy atom. The molecule has 5 atom stereocenters. The van der Waals surface area contributed by atoms with Crippen LogP contribution in [-0.4, -0.2) is 50.0 Å². The Morgan fingerprint density at radius 2 is 2.12 bits per heavy atom. The molecule has 6 nitrogen and oxygen atoms in total. The number of benzene rings is 1. The van der Waals surface area contributed by atoms with Gasteiger partial charge >= 0.3 is 0 Å². The van der Waals surface area contributed by atoms with Crippen LogP contribution in [0.4, 0.5) is 0 Å². The van der Waals surface area contributed by atoms with Gasteiger partial charge in [0.2, 0.25) is 0 Å². The predicted octanol–water partition coefficient (Wildman–Crippen LogP) is 1.99. The minimum Gasteiger partial charge on any atom is -0.492 e. The average Bonchev–Trinajstić information content (AvgIpc) is 3.00. The van der Waals surface area contributed by atoms with Crippen molar-refractivity contribution in [2.75, 3.05) is 6.61 Å². The number of aromatic nitrogens is 2. The van der Waals surface area contributed by atoms with Gasteiger partial charge in [0.1, 0.15) is 23.8 Å². The number of rotatable bonds is 4. The second-order valence-corrected chi connectivity index (χ2v) is 7.09. The van der Waals surface area contributed by atoms with Crippen molar-refractivity contribution in [2.24, 2.45) is 5.92 Å². The quantitative estimate of drug-likeness (QED) is 0.735. The molecule has 0 saturated carbocycles. The van der Waals surface area contributed by atoms with E-state index in [2.05, 4.69) is 21.0 Å². The summed E-state index contributed by atoms with van der Waals surface area (Å²) < 4.78 is 8.50. The Morgan fingerprint density at radius 3 is 2.79 bits per heavy atom. The molecule has 1 aliphatic heterocycles. The zero-order chi connectivity index (χ0) is 17.4. The minimum atomic E-state index is -1.24. The summed E-state index contributed by atoms with van der Waals surface area (Å²) in [5.74, 6) is 0.517. The highest BCUT2D eigenvalue weighted by Gasteiger charge is 2.39. The Labute approximate surface area is 148 Å². The highest BCUT2D eigenvalue weighted by atomic mass is 79.9. The van der Waals surface area contributed by atoms with Crippen LogP contribution in [0.3, 0.4) is 0 Å². The topological polar surface area (TPSA) is 87.7 Å². The third-order valence-corrected chi connectivity index (χ3v) is 5.15. The van der Waals surface area contributed by atoms with Crippen LogP contribution in [0.2, 0.25) is 0 Å². The van der Waals surface area contributed by atoms with Crippen LogP contribution in [0.15, 0.2) is 40.7 Å². The smallest absolute Gasteiger partial charge is 0.131 e. The predicted molar refractivity (Wildman–Crippen MR) is 93.4 cm³/mol. The summed E-state index contributed by atoms with van der Waals surface area (Å²) in [6.07, 6.45) is 0.877. The molecular formula is C17H21BrN2O4. The van der Waals surface area contributed by atoms with E-state index < -0.39 is 24.9 Å². The summed E-state index contributed by atoms with van der Waals surface area (Å²) in [6.45, 7) is 3.23. The van der Waals surface area contributed by atoms with Crippen molar-refractivity contribution >= 4 is 26.8 Å². The first-order valence-electron chi connectivity index (χ1n) is 7.88. The van der Waals surface area contributed by atoms with Crippen molar-refractivity contribution in [1.29, 1.82) is 0 Å². The number of aliphatic hydroxyl groups excluding tert-OH is 3. The van der Waals surface area contributed by atoms with E-state index in [1.54, 1.807) is 0 Å². The van der Waals surface area contributed by atoms with Crippen molar-refractivity contribution in [3.8, 4) is 0 Å². The van der Waals surface area contributed by atoms with Gasteiger partial charge in [-0.1, -0.05) is 19.1 Å². The lowest BCUT2D eigenvalue weighted by atomic mass is 9.87. The molecule has 3 N–H and O–H groups in total. The van der Waals surface area contributed by atoms with E-state index in [9.17, 15) is 10.2 Å². The number of fused-ring (bicyclic) bond motifs is 1. The van der Waals surface area contributed by atoms with E-state index in [-0.39, 0.29) is 12.0 Å². The van der Waals surface area contributed by atoms with Crippen LogP contribution in [0.1, 0.15) is 19.9 Å². The van der Waals surface area contributed by atoms with Crippen LogP contribution in [0, 0.1) is 5.92 Å². The number of hydrogen-bond donors (Lipinski definition) is 3. The van der Waals surface area contributed by atoms with Crippen molar-refractivity contribution in [3.05, 3.63) is 40.7 Å². The lowest BCUT2D eigenvalue weighted by molar-refractivity contribution is -0.113. The molecule has 2 unspecified atom stereocenters. The summed E-state index contributed by atoms with van der Waals surface area (Å²) >= 11 is 3.51. The van der Waals surface area contributed by atoms with E-state index in [1.165, 1.54) is 0 Å². The molecule has 0 radical (unpaired) electrons. The highest BCUT2D eigenvalue weighted by molar-refractivity contribution is 9.10. The SMILES string of the molecule is CC1=C[C@H](n2cc3cccc(Br)c3n2)[C@@H](C)[C@H](C(O)C(O)CO)O1. The zero-order valence-corrected chi connectivity index (χ0v) is 15.1. The Bertz CT molecular complexity index is 760. The molecule has 1 aliphatic rings. The normalized spacial score (nSPS) is 26.8. The Kier molecular flexibility index (Phi) is 4.96. The summed E-state index contributed by atoms with van der Waals surface area (Å²) in [6, 6.07) is 5.77. The second kappa shape index (κ2) is 6.84. The van der Waals surface area contributed by atoms with Gasteiger partial charge in [0.15, 0.2) is 0 Å². The molecule has 2 heterocycles. The third-order valence-electron chi connectivity index (χ3n) is 4.51. The molecule has 0 aliphatic carbocycles. The molecule has 2 aromatic rings. The first kappa shape index (κ1) is 17.4. The molecular weight excluding hydrogens is 376 g/mol. The maximum Gasteiger partial charge on any atom is 0.131 e. The van der Waals surface area contributed by atoms with Gasteiger partial charge in [-0.2, -0.15) is 5.10 Å². The van der Waals surface area contributed by atoms with E-state index >= 15 is 0 Å². The fourth-order valence-electron chi connectivity index (χ4n) is 3.15. The largest absolute Gasteiger partial charge is 0.492 e. The minimum absolute atomic E-state index is 0.122. The van der Waals surface area contributed by atoms with Gasteiger partial charge in [-0.25, -0.2) is 0 Å². The van der Waals surface area contributed by atoms with Crippen molar-refractivity contribution < 1.29 is 20.1 Å². The Balaban J connectivity index is 1.96. The van der Waals surface area contributed by atoms with Crippen molar-refractivity contribution in [1.82, 2.24) is 9.78 Å². The van der Waals surface area contributed by atoms with Crippen LogP contribution < -0.4 is 0 Å². The van der Waals surface area contributed by atoms with Gasteiger partial charge in [0.25, 0.3) is 0 Å². The van der Waals surface area contributed by atoms with E-state index in [1.807, 2.05) is 49.0 Å². The molecule has 130 valence electrons. The third kappa shape index (κ3) is 3.09. The molecule has 0 spiro atoms. The summed E-state index contributed by atoms with van der Waals surface area (Å²) in [5, 5.41) is 34.8. The van der Waals surface area contributed by atoms with Gasteiger partial charge in [-0.05, 0) is 35.0 Å². The first-order chi connectivity index (χ1) is 11.4. The highest BCUT2D eigenvalue weighted by Crippen LogP contribution is 2.35. The Hall–Kier alpha value is -1.41. The maximum atomic E-state index is 10.3. The number of allylic oxidation sites excluding steroid dienone is 2. The molecule has 24 heavy (non-hydrogen) atoms. The molecule has 1 aromatic carbocycles. The van der Waals surface area contributed by atoms with Gasteiger partial charge in [-0.3, -0.25) is 4.68 Å². The summed E-state index contributed by atoms with van der Waals surface area (Å²) in [4.78, 5) is 0. The van der Waals surface area contributed by atoms with E-state index in [0.717, 1.165) is 15.4 Å². The van der Waals surface area contributed by atoms with Gasteiger partial charge in [-0.15, -0.1) is 0 Å². The number of aliphatic hydroxyl groups is 3. The van der Waals surface area contributed by atoms with Crippen molar-refractivity contribution in [2.45, 2.75) is 38.2 Å². The van der Waals surface area contributed by atoms with Crippen LogP contribution >= 0.6 is 15.9 Å². The average molecular weight is 397 g/mol. The summed E-state index contributed by atoms with van der Waals surface area (Å²) in [5.41, 5.74) is 0.870. The van der Waals surface area contributed by atoms with Gasteiger partial charge in [0, 0.05) is 22.0 Å². The molecule has 0 fully saturated rings. The van der Waals surface area contributed by atoms with E-state index in [4.69, 9.17) is 9.84 Å². The molecule has 3 rings (SSSR count). The molecule has 0 saturated heterocycles. The fourth-order valence-corrected chi connectivity index (χ4v) is 3.61. The summed E-state index contributed by atoms with van der Waals surface area (Å²) in [7, 11) is 0. The maximum absolute atomic E-state index is 10.3. The standard InChI is InChI=1S/C17H21BrN2O4/c1-9-6-13(10(2)17(24-9)16(23)14(22)8-21)20-7-11-4-3-5-12(18)15(11)19-20/h3-7,10,13-14,16-17,21-23H,8H2,1-2H3/t10-,13+,14?,16?,17-/m1/s1. The van der Waals surface area contributed by atoms with Gasteiger partial charge < -0.3 is 20.1 Å².